The maximum Gasteiger partial charge on any atom is 0.313 e. The molecule has 0 radical (unpaired) electrons. The SMILES string of the molecule is COC1C(OP(=O)([O-])OCC2OC(n3cnc4c(=O)[nH]c(N)nc43)C(O)C2O)C(COP(=O)([O-])OP(=S)([S-])OP(=O)([O-])OCC2OC([n+]3cn(C)c4c(=O)[nH]c(N)nc43)C(O)C2O)OC1n1cnc2c(N)ncnc21. The number of aromatic amines is 2. The monoisotopic (exact) mass is 1170 g/mol. The summed E-state index contributed by atoms with van der Waals surface area (Å²) in [6.45, 7) is -3.31. The smallest absolute Gasteiger partial charge is 0.313 e. The van der Waals surface area contributed by atoms with E-state index in [2.05, 4.69) is 48.5 Å². The fraction of sp³-hybridized carbons (Fsp3) is 0.531. The molecule has 3 saturated heterocycles. The van der Waals surface area contributed by atoms with Crippen molar-refractivity contribution in [2.75, 3.05) is 44.1 Å². The number of methoxy groups -OCH3 is 1. The molecule has 0 bridgehead atoms. The number of nitrogens with one attached hydrogen (secondary N) is 2. The number of anilines is 3. The number of aliphatic hydroxyl groups is 4. The van der Waals surface area contributed by atoms with E-state index in [0.717, 1.165) is 35.2 Å². The molecule has 0 aliphatic carbocycles. The highest BCUT2D eigenvalue weighted by Gasteiger charge is 2.51. The lowest BCUT2D eigenvalue weighted by atomic mass is 10.1. The van der Waals surface area contributed by atoms with E-state index >= 15 is 0 Å². The standard InChI is InChI=1S/C32H43N15O22P4S2/c1-44-9-47(25-15(44)27(53)43-32(35)41-25)29-19(51)17(49)11(65-29)4-62-71(56,57)68-73(74,75)69-72(58,59)63-5-12-20(21(60-2)30(66-12)45-7-38-13-22(33)36-6-37-23(13)45)67-70(54,55)61-3-10-16(48)18(50)28(64-10)46-8-39-14-24(46)40-31(34)42-26(14)52/h6-12,16-21,28-30,48-51H,3-5H2,1-2H3,(H11-,33,34,35,36,37,40,41,42,43,52,53,54,55,56,57,58,59,74,75)/p-3. The van der Waals surface area contributed by atoms with Gasteiger partial charge >= 0.3 is 5.65 Å². The summed E-state index contributed by atoms with van der Waals surface area (Å²) in [6.07, 6.45) is -15.6. The zero-order valence-electron chi connectivity index (χ0n) is 37.8. The average molecular weight is 1170 g/mol. The number of H-pyrrole nitrogens is 2. The van der Waals surface area contributed by atoms with Crippen LogP contribution >= 0.6 is 29.2 Å². The lowest BCUT2D eigenvalue weighted by molar-refractivity contribution is -0.745. The number of hydrogen-bond donors (Lipinski definition) is 9. The molecule has 75 heavy (non-hydrogen) atoms. The topological polar surface area (TPSA) is 533 Å². The van der Waals surface area contributed by atoms with Crippen LogP contribution < -0.4 is 47.6 Å². The van der Waals surface area contributed by atoms with Crippen molar-refractivity contribution in [1.29, 1.82) is 0 Å². The summed E-state index contributed by atoms with van der Waals surface area (Å²) < 4.78 is 97.0. The molecule has 9 rings (SSSR count). The molecule has 3 aliphatic rings. The van der Waals surface area contributed by atoms with E-state index in [1.54, 1.807) is 0 Å². The summed E-state index contributed by atoms with van der Waals surface area (Å²) >= 11 is 9.75. The number of aryl methyl sites for hydroxylation is 1. The van der Waals surface area contributed by atoms with Crippen LogP contribution in [-0.2, 0) is 90.5 Å². The van der Waals surface area contributed by atoms with E-state index in [0.29, 0.717) is 0 Å². The Labute approximate surface area is 426 Å². The zero-order chi connectivity index (χ0) is 54.3. The van der Waals surface area contributed by atoms with Gasteiger partial charge in [0.25, 0.3) is 40.5 Å². The number of ether oxygens (including phenoxy) is 4. The summed E-state index contributed by atoms with van der Waals surface area (Å²) in [4.78, 5) is 93.2. The number of phosphoric ester groups is 3. The fourth-order valence-corrected chi connectivity index (χ4v) is 15.5. The maximum absolute atomic E-state index is 13.6. The molecule has 43 heteroatoms. The van der Waals surface area contributed by atoms with E-state index in [4.69, 9.17) is 78.3 Å². The summed E-state index contributed by atoms with van der Waals surface area (Å²) in [6, 6.07) is 0. The van der Waals surface area contributed by atoms with Gasteiger partial charge in [0, 0.05) is 7.11 Å². The van der Waals surface area contributed by atoms with Gasteiger partial charge in [-0.1, -0.05) is 16.8 Å². The van der Waals surface area contributed by atoms with Crippen LogP contribution in [0, 0.1) is 0 Å². The third kappa shape index (κ3) is 11.2. The van der Waals surface area contributed by atoms with Crippen LogP contribution in [0.4, 0.5) is 17.7 Å². The Hall–Kier alpha value is -4.34. The first-order valence-corrected chi connectivity index (χ1v) is 29.1. The van der Waals surface area contributed by atoms with Crippen molar-refractivity contribution in [3.8, 4) is 0 Å². The quantitative estimate of drug-likeness (QED) is 0.0207. The maximum atomic E-state index is 13.6. The number of nitrogen functional groups attached to an aromatic ring is 3. The number of imidazole rings is 3. The Morgan fingerprint density at radius 1 is 0.747 bits per heavy atom. The Morgan fingerprint density at radius 3 is 1.97 bits per heavy atom. The Bertz CT molecular complexity index is 3480. The minimum Gasteiger partial charge on any atom is -0.756 e. The second-order valence-corrected chi connectivity index (χ2v) is 25.8. The number of fused-ring (bicyclic) bond motifs is 3. The van der Waals surface area contributed by atoms with E-state index in [9.17, 15) is 58.4 Å². The van der Waals surface area contributed by atoms with Crippen LogP contribution in [0.15, 0.2) is 34.9 Å². The molecule has 0 saturated carbocycles. The molecule has 6 aromatic heterocycles. The van der Waals surface area contributed by atoms with Gasteiger partial charge in [-0.25, -0.2) is 24.5 Å². The van der Waals surface area contributed by atoms with Gasteiger partial charge in [-0.2, -0.15) is 4.98 Å². The Morgan fingerprint density at radius 2 is 1.31 bits per heavy atom. The third-order valence-corrected chi connectivity index (χ3v) is 19.0. The molecule has 9 heterocycles. The highest BCUT2D eigenvalue weighted by molar-refractivity contribution is 8.52. The second-order valence-electron chi connectivity index (χ2n) is 16.4. The lowest BCUT2D eigenvalue weighted by Gasteiger charge is -2.38. The van der Waals surface area contributed by atoms with Gasteiger partial charge in [0.15, 0.2) is 41.4 Å². The van der Waals surface area contributed by atoms with Crippen molar-refractivity contribution >= 4 is 104 Å². The lowest BCUT2D eigenvalue weighted by Crippen LogP contribution is -2.46. The average Bonchev–Trinajstić information content (AvgIpc) is 4.17. The van der Waals surface area contributed by atoms with Crippen LogP contribution in [0.25, 0.3) is 33.5 Å². The van der Waals surface area contributed by atoms with Crippen molar-refractivity contribution in [3.63, 3.8) is 0 Å². The van der Waals surface area contributed by atoms with Crippen LogP contribution in [0.1, 0.15) is 18.7 Å². The molecule has 3 fully saturated rings. The van der Waals surface area contributed by atoms with Crippen molar-refractivity contribution in [2.24, 2.45) is 7.05 Å². The molecule has 0 amide bonds. The van der Waals surface area contributed by atoms with Gasteiger partial charge in [0.05, 0.1) is 45.2 Å². The van der Waals surface area contributed by atoms with Gasteiger partial charge in [-0.3, -0.25) is 55.6 Å². The van der Waals surface area contributed by atoms with Gasteiger partial charge < -0.3 is 102 Å². The first kappa shape index (κ1) is 55.4. The molecular weight excluding hydrogens is 1130 g/mol. The molecule has 0 aromatic carbocycles. The minimum absolute atomic E-state index is 0.00239. The molecule has 16 unspecified atom stereocenters. The van der Waals surface area contributed by atoms with E-state index in [1.165, 1.54) is 22.5 Å². The highest BCUT2D eigenvalue weighted by Crippen LogP contribution is 2.67. The van der Waals surface area contributed by atoms with Crippen molar-refractivity contribution < 1.29 is 99.0 Å². The first-order valence-electron chi connectivity index (χ1n) is 21.1. The summed E-state index contributed by atoms with van der Waals surface area (Å²) in [5.41, 5.74) is 10.6. The minimum atomic E-state index is -5.90. The molecule has 6 aromatic rings. The predicted molar refractivity (Wildman–Crippen MR) is 244 cm³/mol. The van der Waals surface area contributed by atoms with Crippen LogP contribution in [0.5, 0.6) is 0 Å². The number of aromatic nitrogens is 12. The highest BCUT2D eigenvalue weighted by atomic mass is 32.9. The summed E-state index contributed by atoms with van der Waals surface area (Å²) in [5.74, 6) is -0.685. The van der Waals surface area contributed by atoms with E-state index in [-0.39, 0.29) is 51.2 Å². The number of rotatable bonds is 19. The Balaban J connectivity index is 0.862. The normalized spacial score (nSPS) is 30.5. The van der Waals surface area contributed by atoms with Crippen molar-refractivity contribution in [2.45, 2.75) is 73.6 Å². The molecular formula is C32H40N15O22P4S2-3. The Kier molecular flexibility index (Phi) is 15.4. The van der Waals surface area contributed by atoms with Crippen LogP contribution in [0.2, 0.25) is 0 Å². The molecule has 3 aliphatic heterocycles. The van der Waals surface area contributed by atoms with E-state index < -0.39 is 134 Å². The number of aliphatic hydroxyl groups excluding tert-OH is 4. The zero-order valence-corrected chi connectivity index (χ0v) is 43.0. The van der Waals surface area contributed by atoms with Crippen molar-refractivity contribution in [1.82, 2.24) is 53.6 Å². The van der Waals surface area contributed by atoms with Gasteiger partial charge in [0.2, 0.25) is 17.7 Å². The van der Waals surface area contributed by atoms with Gasteiger partial charge in [-0.15, -0.1) is 0 Å². The van der Waals surface area contributed by atoms with Gasteiger partial charge in [0.1, 0.15) is 66.8 Å². The molecule has 410 valence electrons. The van der Waals surface area contributed by atoms with Crippen molar-refractivity contribution in [3.05, 3.63) is 46.0 Å². The molecule has 37 nitrogen and oxygen atoms in total. The first-order chi connectivity index (χ1) is 35.2. The van der Waals surface area contributed by atoms with Gasteiger partial charge in [-0.05, 0) is 0 Å². The molecule has 16 atom stereocenters. The number of phosphoric acid groups is 3. The number of hydrogen-bond acceptors (Lipinski definition) is 33. The summed E-state index contributed by atoms with van der Waals surface area (Å²) in [5, 5.41) is 43.2. The predicted octanol–water partition coefficient (Wildman–Crippen LogP) is -5.94. The number of nitrogens with zero attached hydrogens (tertiary/aromatic N) is 10. The fourth-order valence-electron chi connectivity index (χ4n) is 8.26. The largest absolute Gasteiger partial charge is 0.756 e. The molecule has 12 N–H and O–H groups in total. The number of nitrogens with two attached hydrogens (primary N) is 3. The summed E-state index contributed by atoms with van der Waals surface area (Å²) in [7, 11) is -14.8. The molecule has 0 spiro atoms. The van der Waals surface area contributed by atoms with Crippen LogP contribution in [0.3, 0.4) is 0 Å². The second kappa shape index (κ2) is 20.8. The third-order valence-electron chi connectivity index (χ3n) is 11.5. The van der Waals surface area contributed by atoms with Crippen LogP contribution in [-0.4, -0.2) is 156 Å². The van der Waals surface area contributed by atoms with E-state index in [1.807, 2.05) is 0 Å².